The molecule has 9 nitrogen and oxygen atoms in total. The van der Waals surface area contributed by atoms with Crippen molar-refractivity contribution in [2.75, 3.05) is 4.90 Å². The largest absolute Gasteiger partial charge is 0.507 e. The van der Waals surface area contributed by atoms with E-state index >= 15 is 0 Å². The van der Waals surface area contributed by atoms with Crippen molar-refractivity contribution in [2.24, 2.45) is 0 Å². The highest BCUT2D eigenvalue weighted by Gasteiger charge is 2.48. The number of aromatic nitrogens is 3. The van der Waals surface area contributed by atoms with Gasteiger partial charge in [-0.2, -0.15) is 0 Å². The molecular formula is C22H16N4O5. The number of Topliss-reactive ketones (excluding diaryl/α,β-unsaturated/α-hetero) is 1. The summed E-state index contributed by atoms with van der Waals surface area (Å²) in [5, 5.41) is 20.4. The molecule has 1 saturated heterocycles. The predicted molar refractivity (Wildman–Crippen MR) is 110 cm³/mol. The van der Waals surface area contributed by atoms with Crippen LogP contribution in [0.25, 0.3) is 16.8 Å². The normalized spacial score (nSPS) is 18.2. The van der Waals surface area contributed by atoms with Gasteiger partial charge in [-0.3, -0.25) is 19.5 Å². The number of aliphatic hydroxyl groups is 2. The Morgan fingerprint density at radius 2 is 1.94 bits per heavy atom. The number of carbonyl (C=O) groups is 2. The van der Waals surface area contributed by atoms with Crippen molar-refractivity contribution in [3.63, 3.8) is 0 Å². The molecule has 3 N–H and O–H groups in total. The second-order valence-corrected chi connectivity index (χ2v) is 6.97. The van der Waals surface area contributed by atoms with Crippen LogP contribution < -0.4 is 4.90 Å². The fourth-order valence-electron chi connectivity index (χ4n) is 3.73. The Labute approximate surface area is 175 Å². The van der Waals surface area contributed by atoms with Crippen LogP contribution in [0.15, 0.2) is 71.2 Å². The van der Waals surface area contributed by atoms with Gasteiger partial charge < -0.3 is 19.6 Å². The molecule has 154 valence electrons. The average Bonchev–Trinajstić information content (AvgIpc) is 3.52. The number of amides is 1. The molecule has 1 amide bonds. The maximum atomic E-state index is 13.1. The zero-order chi connectivity index (χ0) is 21.5. The number of fused-ring (bicyclic) bond motifs is 1. The summed E-state index contributed by atoms with van der Waals surface area (Å²) in [6.07, 6.45) is 4.48. The summed E-state index contributed by atoms with van der Waals surface area (Å²) in [4.78, 5) is 38.5. The predicted octanol–water partition coefficient (Wildman–Crippen LogP) is 2.67. The first-order valence-corrected chi connectivity index (χ1v) is 9.42. The lowest BCUT2D eigenvalue weighted by Gasteiger charge is -2.23. The van der Waals surface area contributed by atoms with Crippen molar-refractivity contribution in [3.05, 3.63) is 83.8 Å². The monoisotopic (exact) mass is 416 g/mol. The topological polar surface area (TPSA) is 133 Å². The van der Waals surface area contributed by atoms with Crippen LogP contribution in [0.2, 0.25) is 0 Å². The molecule has 1 unspecified atom stereocenters. The minimum Gasteiger partial charge on any atom is -0.507 e. The number of rotatable bonds is 4. The number of imidazole rings is 1. The van der Waals surface area contributed by atoms with Crippen molar-refractivity contribution in [1.29, 1.82) is 0 Å². The number of H-pyrrole nitrogens is 1. The Morgan fingerprint density at radius 1 is 1.13 bits per heavy atom. The summed E-state index contributed by atoms with van der Waals surface area (Å²) in [5.41, 5.74) is 2.05. The fourth-order valence-corrected chi connectivity index (χ4v) is 3.73. The Bertz CT molecular complexity index is 1340. The van der Waals surface area contributed by atoms with Crippen LogP contribution in [0, 0.1) is 0 Å². The third-order valence-corrected chi connectivity index (χ3v) is 5.19. The molecule has 0 bridgehead atoms. The summed E-state index contributed by atoms with van der Waals surface area (Å²) in [6.45, 7) is -0.343. The highest BCUT2D eigenvalue weighted by molar-refractivity contribution is 6.51. The first-order chi connectivity index (χ1) is 15.1. The van der Waals surface area contributed by atoms with E-state index in [1.54, 1.807) is 30.3 Å². The van der Waals surface area contributed by atoms with Crippen LogP contribution in [0.5, 0.6) is 0 Å². The number of hydrogen-bond acceptors (Lipinski definition) is 7. The minimum absolute atomic E-state index is 0.111. The van der Waals surface area contributed by atoms with Crippen molar-refractivity contribution in [1.82, 2.24) is 15.0 Å². The van der Waals surface area contributed by atoms with Gasteiger partial charge in [0.15, 0.2) is 0 Å². The number of aliphatic hydroxyl groups excluding tert-OH is 2. The number of ketones is 1. The number of anilines is 1. The summed E-state index contributed by atoms with van der Waals surface area (Å²) in [6, 6.07) is 10.3. The lowest BCUT2D eigenvalue weighted by Crippen LogP contribution is -2.29. The van der Waals surface area contributed by atoms with Gasteiger partial charge in [-0.25, -0.2) is 4.98 Å². The molecule has 1 atom stereocenters. The number of nitrogens with one attached hydrogen (secondary N) is 1. The van der Waals surface area contributed by atoms with E-state index in [-0.39, 0.29) is 29.5 Å². The van der Waals surface area contributed by atoms with Gasteiger partial charge in [0.05, 0.1) is 22.9 Å². The standard InChI is InChI=1S/C22H16N4O5/c27-10-14-2-4-17(31-14)19-18(20(28)12-5-7-23-8-6-12)21(29)22(30)26(19)13-1-3-15-16(9-13)25-11-24-15/h1-9,11,19,27-28H,10H2,(H,24,25)/b20-18+. The number of hydrogen-bond donors (Lipinski definition) is 3. The van der Waals surface area contributed by atoms with E-state index < -0.39 is 17.7 Å². The molecule has 31 heavy (non-hydrogen) atoms. The van der Waals surface area contributed by atoms with Crippen LogP contribution in [0.3, 0.4) is 0 Å². The fraction of sp³-hybridized carbons (Fsp3) is 0.0909. The molecule has 5 rings (SSSR count). The van der Waals surface area contributed by atoms with Gasteiger partial charge >= 0.3 is 0 Å². The third-order valence-electron chi connectivity index (χ3n) is 5.19. The van der Waals surface area contributed by atoms with Crippen molar-refractivity contribution in [2.45, 2.75) is 12.6 Å². The van der Waals surface area contributed by atoms with Crippen LogP contribution in [-0.2, 0) is 16.2 Å². The number of aromatic amines is 1. The summed E-state index contributed by atoms with van der Waals surface area (Å²) in [7, 11) is 0. The molecule has 0 radical (unpaired) electrons. The molecule has 0 saturated carbocycles. The SMILES string of the molecule is O=C1C(=O)N(c2ccc3nc[nH]c3c2)C(c2ccc(CO)o2)/C1=C(\O)c1ccncc1. The molecule has 0 spiro atoms. The van der Waals surface area contributed by atoms with Gasteiger partial charge in [0, 0.05) is 23.6 Å². The molecule has 3 aromatic heterocycles. The zero-order valence-corrected chi connectivity index (χ0v) is 16.0. The molecule has 1 aliphatic heterocycles. The van der Waals surface area contributed by atoms with Crippen molar-refractivity contribution < 1.29 is 24.2 Å². The second kappa shape index (κ2) is 7.22. The Kier molecular flexibility index (Phi) is 4.37. The molecule has 9 heteroatoms. The zero-order valence-electron chi connectivity index (χ0n) is 16.0. The van der Waals surface area contributed by atoms with E-state index in [0.717, 1.165) is 0 Å². The molecule has 4 heterocycles. The molecule has 1 aromatic carbocycles. The van der Waals surface area contributed by atoms with Crippen molar-refractivity contribution >= 4 is 34.2 Å². The Morgan fingerprint density at radius 3 is 2.68 bits per heavy atom. The minimum atomic E-state index is -1.02. The molecule has 0 aliphatic carbocycles. The molecule has 1 fully saturated rings. The van der Waals surface area contributed by atoms with Gasteiger partial charge in [0.25, 0.3) is 11.7 Å². The number of nitrogens with zero attached hydrogens (tertiary/aromatic N) is 3. The van der Waals surface area contributed by atoms with E-state index in [1.165, 1.54) is 35.8 Å². The first kappa shape index (κ1) is 18.8. The van der Waals surface area contributed by atoms with Crippen LogP contribution in [0.4, 0.5) is 5.69 Å². The number of furan rings is 1. The highest BCUT2D eigenvalue weighted by Crippen LogP contribution is 2.43. The molecular weight excluding hydrogens is 400 g/mol. The van der Waals surface area contributed by atoms with Crippen LogP contribution in [-0.4, -0.2) is 36.9 Å². The quantitative estimate of drug-likeness (QED) is 0.265. The third kappa shape index (κ3) is 2.99. The van der Waals surface area contributed by atoms with Crippen LogP contribution in [0.1, 0.15) is 23.1 Å². The summed E-state index contributed by atoms with van der Waals surface area (Å²) < 4.78 is 5.68. The summed E-state index contributed by atoms with van der Waals surface area (Å²) in [5.74, 6) is -1.47. The molecule has 1 aliphatic rings. The lowest BCUT2D eigenvalue weighted by atomic mass is 9.99. The highest BCUT2D eigenvalue weighted by atomic mass is 16.4. The Hall–Kier alpha value is -4.24. The lowest BCUT2D eigenvalue weighted by molar-refractivity contribution is -0.132. The van der Waals surface area contributed by atoms with Crippen molar-refractivity contribution in [3.8, 4) is 0 Å². The summed E-state index contributed by atoms with van der Waals surface area (Å²) >= 11 is 0. The van der Waals surface area contributed by atoms with Gasteiger partial charge in [0.1, 0.15) is 29.9 Å². The maximum Gasteiger partial charge on any atom is 0.300 e. The van der Waals surface area contributed by atoms with Gasteiger partial charge in [-0.1, -0.05) is 0 Å². The van der Waals surface area contributed by atoms with E-state index in [1.807, 2.05) is 0 Å². The smallest absolute Gasteiger partial charge is 0.300 e. The average molecular weight is 416 g/mol. The Balaban J connectivity index is 1.73. The van der Waals surface area contributed by atoms with Crippen LogP contribution >= 0.6 is 0 Å². The number of carbonyl (C=O) groups excluding carboxylic acids is 2. The van der Waals surface area contributed by atoms with Gasteiger partial charge in [-0.05, 0) is 42.5 Å². The molecule has 4 aromatic rings. The van der Waals surface area contributed by atoms with E-state index in [4.69, 9.17) is 4.42 Å². The number of benzene rings is 1. The number of pyridine rings is 1. The first-order valence-electron chi connectivity index (χ1n) is 9.42. The van der Waals surface area contributed by atoms with E-state index in [2.05, 4.69) is 15.0 Å². The van der Waals surface area contributed by atoms with E-state index in [9.17, 15) is 19.8 Å². The van der Waals surface area contributed by atoms with E-state index in [0.29, 0.717) is 22.3 Å². The van der Waals surface area contributed by atoms with Gasteiger partial charge in [-0.15, -0.1) is 0 Å². The second-order valence-electron chi connectivity index (χ2n) is 6.97. The maximum absolute atomic E-state index is 13.1. The van der Waals surface area contributed by atoms with Gasteiger partial charge in [0.2, 0.25) is 0 Å².